The van der Waals surface area contributed by atoms with Crippen LogP contribution in [0.25, 0.3) is 0 Å². The lowest BCUT2D eigenvalue weighted by molar-refractivity contribution is -0.174. The van der Waals surface area contributed by atoms with Crippen LogP contribution in [-0.4, -0.2) is 23.2 Å². The second-order valence-electron chi connectivity index (χ2n) is 3.64. The number of alkyl halides is 3. The Morgan fingerprint density at radius 1 is 1.32 bits per heavy atom. The second kappa shape index (κ2) is 5.92. The van der Waals surface area contributed by atoms with Gasteiger partial charge in [0.25, 0.3) is 0 Å². The summed E-state index contributed by atoms with van der Waals surface area (Å²) in [4.78, 5) is 21.5. The average molecular weight is 296 g/mol. The Bertz CT molecular complexity index is 490. The maximum absolute atomic E-state index is 12.2. The third-order valence-corrected chi connectivity index (χ3v) is 2.57. The number of carboxylic acids is 1. The van der Waals surface area contributed by atoms with E-state index in [9.17, 15) is 22.8 Å². The monoisotopic (exact) mass is 295 g/mol. The Kier molecular flexibility index (Phi) is 4.77. The molecule has 0 heterocycles. The van der Waals surface area contributed by atoms with Crippen molar-refractivity contribution in [2.75, 3.05) is 0 Å². The van der Waals surface area contributed by atoms with Gasteiger partial charge in [-0.25, -0.2) is 0 Å². The normalized spacial score (nSPS) is 12.8. The van der Waals surface area contributed by atoms with Crippen molar-refractivity contribution in [1.29, 1.82) is 0 Å². The number of carbonyl (C=O) groups excluding carboxylic acids is 1. The zero-order valence-corrected chi connectivity index (χ0v) is 10.1. The van der Waals surface area contributed by atoms with Crippen molar-refractivity contribution >= 4 is 23.5 Å². The van der Waals surface area contributed by atoms with E-state index in [-0.39, 0.29) is 10.6 Å². The van der Waals surface area contributed by atoms with Gasteiger partial charge in [0.1, 0.15) is 0 Å². The zero-order valence-electron chi connectivity index (χ0n) is 9.37. The van der Waals surface area contributed by atoms with E-state index in [4.69, 9.17) is 16.7 Å². The fourth-order valence-electron chi connectivity index (χ4n) is 1.41. The zero-order chi connectivity index (χ0) is 14.6. The lowest BCUT2D eigenvalue weighted by Gasteiger charge is -2.19. The first-order chi connectivity index (χ1) is 8.71. The van der Waals surface area contributed by atoms with E-state index in [2.05, 4.69) is 0 Å². The molecule has 0 aliphatic heterocycles. The minimum Gasteiger partial charge on any atom is -0.481 e. The number of carbonyl (C=O) groups is 2. The van der Waals surface area contributed by atoms with Gasteiger partial charge < -0.3 is 10.4 Å². The molecule has 0 aliphatic rings. The Hall–Kier alpha value is -1.76. The fourth-order valence-corrected chi connectivity index (χ4v) is 1.68. The van der Waals surface area contributed by atoms with E-state index in [0.717, 1.165) is 0 Å². The van der Waals surface area contributed by atoms with Crippen LogP contribution in [0.4, 0.5) is 13.2 Å². The number of aliphatic carboxylic acids is 1. The molecular weight excluding hydrogens is 287 g/mol. The summed E-state index contributed by atoms with van der Waals surface area (Å²) in [5, 5.41) is 10.4. The van der Waals surface area contributed by atoms with Crippen molar-refractivity contribution in [2.24, 2.45) is 0 Å². The number of benzene rings is 1. The Labute approximate surface area is 111 Å². The topological polar surface area (TPSA) is 66.4 Å². The molecule has 1 aromatic rings. The highest BCUT2D eigenvalue weighted by molar-refractivity contribution is 6.31. The van der Waals surface area contributed by atoms with Gasteiger partial charge in [0, 0.05) is 5.02 Å². The third kappa shape index (κ3) is 4.44. The largest absolute Gasteiger partial charge is 0.481 e. The molecule has 0 saturated carbocycles. The lowest BCUT2D eigenvalue weighted by Crippen LogP contribution is -2.39. The predicted octanol–water partition coefficient (Wildman–Crippen LogP) is 2.53. The maximum Gasteiger partial charge on any atom is 0.471 e. The van der Waals surface area contributed by atoms with E-state index in [1.807, 2.05) is 0 Å². The highest BCUT2D eigenvalue weighted by Gasteiger charge is 2.40. The molecule has 1 atom stereocenters. The summed E-state index contributed by atoms with van der Waals surface area (Å²) >= 11 is 5.77. The van der Waals surface area contributed by atoms with Crippen LogP contribution in [0.15, 0.2) is 24.3 Å². The van der Waals surface area contributed by atoms with Gasteiger partial charge in [0.05, 0.1) is 12.5 Å². The molecule has 104 valence electrons. The van der Waals surface area contributed by atoms with Gasteiger partial charge in [-0.3, -0.25) is 9.59 Å². The Morgan fingerprint density at radius 3 is 2.37 bits per heavy atom. The first-order valence-corrected chi connectivity index (χ1v) is 5.43. The number of carboxylic acid groups (broad SMARTS) is 1. The Morgan fingerprint density at radius 2 is 1.89 bits per heavy atom. The van der Waals surface area contributed by atoms with Crippen LogP contribution in [-0.2, 0) is 9.59 Å². The van der Waals surface area contributed by atoms with E-state index in [0.29, 0.717) is 0 Å². The molecule has 1 aromatic carbocycles. The fraction of sp³-hybridized carbons (Fsp3) is 0.273. The minimum atomic E-state index is -5.09. The number of halogens is 4. The van der Waals surface area contributed by atoms with E-state index < -0.39 is 30.5 Å². The molecule has 0 aliphatic carbocycles. The highest BCUT2D eigenvalue weighted by Crippen LogP contribution is 2.26. The summed E-state index contributed by atoms with van der Waals surface area (Å²) < 4.78 is 36.5. The van der Waals surface area contributed by atoms with Crippen molar-refractivity contribution in [3.05, 3.63) is 34.9 Å². The SMILES string of the molecule is O=C(O)C[C@H](NC(=O)C(F)(F)F)c1ccccc1Cl. The quantitative estimate of drug-likeness (QED) is 0.897. The van der Waals surface area contributed by atoms with Gasteiger partial charge in [-0.05, 0) is 11.6 Å². The molecule has 0 bridgehead atoms. The standard InChI is InChI=1S/C11H9ClF3NO3/c12-7-4-2-1-3-6(7)8(5-9(17)18)16-10(19)11(13,14)15/h1-4,8H,5H2,(H,16,19)(H,17,18)/t8-/m0/s1. The number of hydrogen-bond acceptors (Lipinski definition) is 2. The van der Waals surface area contributed by atoms with Gasteiger partial charge in [-0.15, -0.1) is 0 Å². The smallest absolute Gasteiger partial charge is 0.471 e. The molecule has 0 aromatic heterocycles. The van der Waals surface area contributed by atoms with Crippen LogP contribution < -0.4 is 5.32 Å². The summed E-state index contributed by atoms with van der Waals surface area (Å²) in [5.41, 5.74) is 0.115. The molecule has 0 fully saturated rings. The summed E-state index contributed by atoms with van der Waals surface area (Å²) in [6.45, 7) is 0. The predicted molar refractivity (Wildman–Crippen MR) is 60.6 cm³/mol. The molecule has 19 heavy (non-hydrogen) atoms. The molecule has 1 amide bonds. The van der Waals surface area contributed by atoms with Crippen molar-refractivity contribution in [3.63, 3.8) is 0 Å². The van der Waals surface area contributed by atoms with Crippen LogP contribution in [0.1, 0.15) is 18.0 Å². The van der Waals surface area contributed by atoms with Crippen molar-refractivity contribution in [1.82, 2.24) is 5.32 Å². The van der Waals surface area contributed by atoms with E-state index >= 15 is 0 Å². The second-order valence-corrected chi connectivity index (χ2v) is 4.05. The lowest BCUT2D eigenvalue weighted by atomic mass is 10.0. The first-order valence-electron chi connectivity index (χ1n) is 5.05. The van der Waals surface area contributed by atoms with Crippen molar-refractivity contribution in [2.45, 2.75) is 18.6 Å². The third-order valence-electron chi connectivity index (χ3n) is 2.22. The van der Waals surface area contributed by atoms with Crippen LogP contribution in [0.5, 0.6) is 0 Å². The van der Waals surface area contributed by atoms with Gasteiger partial charge in [-0.2, -0.15) is 13.2 Å². The van der Waals surface area contributed by atoms with Crippen LogP contribution in [0.2, 0.25) is 5.02 Å². The minimum absolute atomic E-state index is 0.0798. The number of amides is 1. The molecule has 4 nitrogen and oxygen atoms in total. The van der Waals surface area contributed by atoms with Crippen LogP contribution >= 0.6 is 11.6 Å². The Balaban J connectivity index is 3.00. The van der Waals surface area contributed by atoms with Crippen LogP contribution in [0.3, 0.4) is 0 Å². The number of nitrogens with one attached hydrogen (secondary N) is 1. The molecule has 1 rings (SSSR count). The first kappa shape index (κ1) is 15.3. The summed E-state index contributed by atoms with van der Waals surface area (Å²) in [6.07, 6.45) is -5.79. The molecule has 0 saturated heterocycles. The summed E-state index contributed by atoms with van der Waals surface area (Å²) in [5.74, 6) is -3.56. The summed E-state index contributed by atoms with van der Waals surface area (Å²) in [6, 6.07) is 4.42. The van der Waals surface area contributed by atoms with Gasteiger partial charge >= 0.3 is 18.1 Å². The molecule has 2 N–H and O–H groups in total. The summed E-state index contributed by atoms with van der Waals surface area (Å²) in [7, 11) is 0. The molecule has 0 spiro atoms. The average Bonchev–Trinajstić information content (AvgIpc) is 2.26. The highest BCUT2D eigenvalue weighted by atomic mass is 35.5. The van der Waals surface area contributed by atoms with Gasteiger partial charge in [0.15, 0.2) is 0 Å². The van der Waals surface area contributed by atoms with Gasteiger partial charge in [0.2, 0.25) is 0 Å². The van der Waals surface area contributed by atoms with Gasteiger partial charge in [-0.1, -0.05) is 29.8 Å². The maximum atomic E-state index is 12.2. The van der Waals surface area contributed by atoms with Crippen molar-refractivity contribution < 1.29 is 27.9 Å². The number of hydrogen-bond donors (Lipinski definition) is 2. The van der Waals surface area contributed by atoms with E-state index in [1.165, 1.54) is 24.3 Å². The van der Waals surface area contributed by atoms with Crippen molar-refractivity contribution in [3.8, 4) is 0 Å². The molecule has 0 radical (unpaired) electrons. The molecule has 0 unspecified atom stereocenters. The molecule has 8 heteroatoms. The molecular formula is C11H9ClF3NO3. The number of rotatable bonds is 4. The van der Waals surface area contributed by atoms with E-state index in [1.54, 1.807) is 5.32 Å². The van der Waals surface area contributed by atoms with Crippen LogP contribution in [0, 0.1) is 0 Å².